The van der Waals surface area contributed by atoms with Crippen LogP contribution >= 0.6 is 0 Å². The van der Waals surface area contributed by atoms with E-state index in [2.05, 4.69) is 0 Å². The molecule has 0 aliphatic heterocycles. The van der Waals surface area contributed by atoms with Crippen molar-refractivity contribution in [3.05, 3.63) is 108 Å². The number of hydrogen-bond acceptors (Lipinski definition) is 0. The summed E-state index contributed by atoms with van der Waals surface area (Å²) in [6, 6.07) is 28.8. The summed E-state index contributed by atoms with van der Waals surface area (Å²) in [6.07, 6.45) is 8.80. The third kappa shape index (κ3) is 24.5. The fourth-order valence-corrected chi connectivity index (χ4v) is 5.71. The second-order valence-electron chi connectivity index (χ2n) is 12.9. The predicted octanol–water partition coefficient (Wildman–Crippen LogP) is 16.2. The van der Waals surface area contributed by atoms with Crippen LogP contribution in [-0.2, 0) is 12.8 Å². The van der Waals surface area contributed by atoms with E-state index in [9.17, 15) is 0 Å². The van der Waals surface area contributed by atoms with Crippen molar-refractivity contribution in [2.75, 3.05) is 0 Å². The first kappa shape index (κ1) is 27.3. The topological polar surface area (TPSA) is 0 Å². The molecular weight excluding hydrogens is 589 g/mol. The van der Waals surface area contributed by atoms with E-state index < -0.39 is 49.1 Å². The molecule has 0 bridgehead atoms. The van der Waals surface area contributed by atoms with Gasteiger partial charge in [0.2, 0.25) is 0 Å². The van der Waals surface area contributed by atoms with Crippen LogP contribution in [0.3, 0.4) is 0 Å². The molecule has 0 radical (unpaired) electrons. The zero-order valence-corrected chi connectivity index (χ0v) is 32.3. The van der Waals surface area contributed by atoms with Gasteiger partial charge in [0.25, 0.3) is 0 Å². The Balaban J connectivity index is 0.000000373. The van der Waals surface area contributed by atoms with Crippen LogP contribution in [0.25, 0.3) is 0 Å². The van der Waals surface area contributed by atoms with Gasteiger partial charge in [-0.1, -0.05) is 255 Å². The van der Waals surface area contributed by atoms with Gasteiger partial charge in [0, 0.05) is 17.8 Å². The minimum absolute atomic E-state index is 0.0915. The van der Waals surface area contributed by atoms with Crippen LogP contribution in [0.15, 0.2) is 91.0 Å². The van der Waals surface area contributed by atoms with Gasteiger partial charge in [-0.15, -0.1) is 0 Å². The van der Waals surface area contributed by atoms with Crippen LogP contribution in [0.5, 0.6) is 0 Å². The highest BCUT2D eigenvalue weighted by Gasteiger charge is 2.11. The minimum atomic E-state index is -1.34. The normalized spacial score (nSPS) is 24.3. The van der Waals surface area contributed by atoms with Crippen LogP contribution < -0.4 is 0 Å². The third-order valence-electron chi connectivity index (χ3n) is 8.98. The van der Waals surface area contributed by atoms with Gasteiger partial charge in [0.15, 0.2) is 0 Å². The highest BCUT2D eigenvalue weighted by molar-refractivity contribution is 5.17. The Morgan fingerprint density at radius 2 is 0.796 bits per heavy atom. The molecule has 0 saturated heterocycles. The fraction of sp³-hybridized carbons (Fsp3) is 0.633. The first-order chi connectivity index (χ1) is 28.4. The van der Waals surface area contributed by atoms with Crippen molar-refractivity contribution in [2.45, 2.75) is 183 Å². The first-order valence-corrected chi connectivity index (χ1v) is 19.0. The quantitative estimate of drug-likeness (QED) is 0.227. The molecule has 0 nitrogen and oxygen atoms in total. The summed E-state index contributed by atoms with van der Waals surface area (Å²) in [4.78, 5) is 0. The standard InChI is InChI=1S/C9H12.C9H18.C8H16.2C8H10.C7H14/c1-8(2)9-6-4-3-5-7-9;1-2-9-7-5-3-4-6-8-9;3*1-2-8-6-4-3-5-7-8;1-2-7-5-3-4-6-7/h3-8H,1-2H3;9H,2-8H2,1H3;8H,2-7H2,1H3;2*3-7H,2H2,1H3;7H,2-6H2,1H3/i8D;2D2,9D;2D2,8D;2D2;2D;2D2,7D. The Morgan fingerprint density at radius 3 is 1.04 bits per heavy atom. The predicted molar refractivity (Wildman–Crippen MR) is 223 cm³/mol. The van der Waals surface area contributed by atoms with Gasteiger partial charge in [-0.25, -0.2) is 0 Å². The molecule has 1 unspecified atom stereocenters. The van der Waals surface area contributed by atoms with Gasteiger partial charge >= 0.3 is 0 Å². The third-order valence-corrected chi connectivity index (χ3v) is 8.98. The van der Waals surface area contributed by atoms with E-state index >= 15 is 0 Å². The molecule has 0 amide bonds. The van der Waals surface area contributed by atoms with E-state index in [1.165, 1.54) is 33.1 Å². The van der Waals surface area contributed by atoms with E-state index in [0.717, 1.165) is 93.7 Å². The van der Waals surface area contributed by atoms with Crippen LogP contribution in [0.2, 0.25) is 0 Å². The van der Waals surface area contributed by atoms with E-state index in [0.29, 0.717) is 0 Å². The van der Waals surface area contributed by atoms with Crippen molar-refractivity contribution in [3.8, 4) is 0 Å². The Bertz CT molecular complexity index is 1530. The second kappa shape index (κ2) is 31.6. The highest BCUT2D eigenvalue weighted by atomic mass is 14.2. The van der Waals surface area contributed by atoms with Crippen LogP contribution in [0, 0.1) is 17.7 Å². The maximum Gasteiger partial charge on any atom is 0.0347 e. The summed E-state index contributed by atoms with van der Waals surface area (Å²) in [7, 11) is 0. The van der Waals surface area contributed by atoms with E-state index in [-0.39, 0.29) is 6.40 Å². The van der Waals surface area contributed by atoms with Crippen molar-refractivity contribution < 1.29 is 17.8 Å². The van der Waals surface area contributed by atoms with Gasteiger partial charge in [0.05, 0.1) is 0 Å². The summed E-state index contributed by atoms with van der Waals surface area (Å²) in [5.41, 5.74) is 2.88. The molecule has 276 valence electrons. The van der Waals surface area contributed by atoms with Gasteiger partial charge < -0.3 is 0 Å². The van der Waals surface area contributed by atoms with Gasteiger partial charge in [0.1, 0.15) is 0 Å². The summed E-state index contributed by atoms with van der Waals surface area (Å²) in [5, 5.41) is 0. The maximum absolute atomic E-state index is 8.04. The SMILES string of the molecule is [2H]C(C)(C)c1ccccc1.[2H]C(C)c1ccccc1.[2H]C([2H])(C)C1([2H])CCCC1.[2H]C([2H])(C)C1([2H])CCCCC1.[2H]C([2H])(C)C1([2H])CCCCCC1.[2H]C([2H])(C)c1ccccc1. The molecule has 3 aliphatic carbocycles. The molecule has 1 atom stereocenters. The number of aryl methyl sites for hydroxylation is 2. The zero-order chi connectivity index (χ0) is 47.5. The summed E-state index contributed by atoms with van der Waals surface area (Å²) in [6.45, 7) is 11.8. The van der Waals surface area contributed by atoms with Crippen LogP contribution in [0.1, 0.15) is 204 Å². The van der Waals surface area contributed by atoms with Crippen molar-refractivity contribution in [3.63, 3.8) is 0 Å². The van der Waals surface area contributed by atoms with E-state index in [4.69, 9.17) is 17.8 Å². The monoisotopic (exact) mass is 682 g/mol. The van der Waals surface area contributed by atoms with Crippen molar-refractivity contribution in [1.29, 1.82) is 0 Å². The molecule has 0 spiro atoms. The summed E-state index contributed by atoms with van der Waals surface area (Å²) >= 11 is 0. The molecular formula is C49H80. The van der Waals surface area contributed by atoms with Crippen molar-refractivity contribution in [2.24, 2.45) is 17.7 Å². The van der Waals surface area contributed by atoms with Gasteiger partial charge in [-0.05, 0) is 53.0 Å². The molecule has 6 rings (SSSR count). The molecule has 0 heterocycles. The number of rotatable bonds is 6. The molecule has 3 aromatic rings. The lowest BCUT2D eigenvalue weighted by molar-refractivity contribution is 0.349. The van der Waals surface area contributed by atoms with Crippen LogP contribution in [-0.4, -0.2) is 0 Å². The highest BCUT2D eigenvalue weighted by Crippen LogP contribution is 2.27. The molecule has 3 fully saturated rings. The van der Waals surface area contributed by atoms with Crippen LogP contribution in [0.4, 0.5) is 0 Å². The molecule has 3 aliphatic rings. The zero-order valence-electron chi connectivity index (χ0n) is 45.3. The minimum Gasteiger partial charge on any atom is -0.0651 e. The van der Waals surface area contributed by atoms with Gasteiger partial charge in [-0.2, -0.15) is 0 Å². The molecule has 0 heteroatoms. The molecule has 49 heavy (non-hydrogen) atoms. The largest absolute Gasteiger partial charge is 0.0651 e. The van der Waals surface area contributed by atoms with E-state index in [1.807, 2.05) is 99.6 Å². The second-order valence-corrected chi connectivity index (χ2v) is 12.9. The molecule has 3 aromatic carbocycles. The lowest BCUT2D eigenvalue weighted by Gasteiger charge is -2.18. The average Bonchev–Trinajstić information content (AvgIpc) is 3.53. The average molecular weight is 682 g/mol. The Kier molecular flexibility index (Phi) is 17.6. The lowest BCUT2D eigenvalue weighted by Crippen LogP contribution is -2.03. The van der Waals surface area contributed by atoms with Crippen molar-refractivity contribution >= 4 is 0 Å². The maximum atomic E-state index is 8.04. The van der Waals surface area contributed by atoms with Crippen molar-refractivity contribution in [1.82, 2.24) is 0 Å². The Hall–Kier alpha value is -2.34. The fourth-order valence-electron chi connectivity index (χ4n) is 5.71. The molecule has 0 aromatic heterocycles. The smallest absolute Gasteiger partial charge is 0.0347 e. The molecule has 3 saturated carbocycles. The summed E-state index contributed by atoms with van der Waals surface area (Å²) < 4.78 is 98.4. The van der Waals surface area contributed by atoms with Gasteiger partial charge in [-0.3, -0.25) is 0 Å². The number of benzene rings is 3. The molecule has 0 N–H and O–H groups in total. The first-order valence-electron chi connectivity index (χ1n) is 25.5. The summed E-state index contributed by atoms with van der Waals surface area (Å²) in [5.74, 6) is -2.86. The number of hydrogen-bond donors (Lipinski definition) is 0. The lowest BCUT2D eigenvalue weighted by atomic mass is 9.88. The van der Waals surface area contributed by atoms with E-state index in [1.54, 1.807) is 26.0 Å². The Morgan fingerprint density at radius 1 is 0.490 bits per heavy atom. The Labute approximate surface area is 325 Å².